The summed E-state index contributed by atoms with van der Waals surface area (Å²) in [4.78, 5) is 2.43. The van der Waals surface area contributed by atoms with Gasteiger partial charge in [-0.05, 0) is 111 Å². The van der Waals surface area contributed by atoms with Crippen LogP contribution in [-0.4, -0.2) is 0 Å². The molecule has 11 aromatic rings. The average Bonchev–Trinajstić information content (AvgIpc) is 3.89. The Bertz CT molecular complexity index is 3560. The number of rotatable bonds is 6. The number of anilines is 3. The molecule has 0 saturated heterocycles. The molecule has 2 aliphatic rings. The molecule has 0 fully saturated rings. The predicted molar refractivity (Wildman–Crippen MR) is 268 cm³/mol. The van der Waals surface area contributed by atoms with Crippen LogP contribution in [0.15, 0.2) is 237 Å². The Morgan fingerprint density at radius 1 is 0.344 bits per heavy atom. The van der Waals surface area contributed by atoms with Crippen LogP contribution >= 0.6 is 11.3 Å². The third-order valence-corrected chi connectivity index (χ3v) is 14.5. The van der Waals surface area contributed by atoms with Crippen molar-refractivity contribution in [2.45, 2.75) is 5.41 Å². The zero-order valence-corrected chi connectivity index (χ0v) is 35.6. The standard InChI is InChI=1S/C61H39NOS/c1-2-16-40(17-3-1)42-18-14-19-45(38-42)62(44-35-32-41(33-36-44)47-23-15-31-59-60(47)49-22-6-13-30-58(49)64-59)55-27-10-5-20-46(55)43-34-37-52-50(39-43)48-21-4-7-24-51(48)61(52)53-25-8-11-28-56(53)63-57-29-12-9-26-54(57)61/h1-39H. The van der Waals surface area contributed by atoms with Gasteiger partial charge >= 0.3 is 0 Å². The number of hydrogen-bond acceptors (Lipinski definition) is 3. The van der Waals surface area contributed by atoms with E-state index in [2.05, 4.69) is 241 Å². The summed E-state index contributed by atoms with van der Waals surface area (Å²) in [5.41, 5.74) is 17.3. The topological polar surface area (TPSA) is 12.5 Å². The van der Waals surface area contributed by atoms with Crippen LogP contribution in [0.2, 0.25) is 0 Å². The number of benzene rings is 10. The van der Waals surface area contributed by atoms with Crippen LogP contribution in [0, 0.1) is 0 Å². The highest BCUT2D eigenvalue weighted by Gasteiger charge is 2.51. The normalized spacial score (nSPS) is 12.9. The maximum Gasteiger partial charge on any atom is 0.132 e. The van der Waals surface area contributed by atoms with E-state index in [0.717, 1.165) is 39.7 Å². The van der Waals surface area contributed by atoms with E-state index < -0.39 is 5.41 Å². The highest BCUT2D eigenvalue weighted by molar-refractivity contribution is 7.25. The Morgan fingerprint density at radius 2 is 0.938 bits per heavy atom. The van der Waals surface area contributed by atoms with E-state index in [1.807, 2.05) is 11.3 Å². The van der Waals surface area contributed by atoms with Crippen molar-refractivity contribution in [1.82, 2.24) is 0 Å². The van der Waals surface area contributed by atoms with Crippen LogP contribution in [0.1, 0.15) is 22.3 Å². The largest absolute Gasteiger partial charge is 0.457 e. The number of thiophene rings is 1. The van der Waals surface area contributed by atoms with Crippen molar-refractivity contribution in [3.05, 3.63) is 259 Å². The Balaban J connectivity index is 0.991. The second-order valence-electron chi connectivity index (χ2n) is 16.7. The van der Waals surface area contributed by atoms with E-state index in [1.54, 1.807) is 0 Å². The molecule has 3 heteroatoms. The van der Waals surface area contributed by atoms with E-state index >= 15 is 0 Å². The molecule has 1 aliphatic carbocycles. The first-order chi connectivity index (χ1) is 31.7. The Morgan fingerprint density at radius 3 is 1.75 bits per heavy atom. The summed E-state index contributed by atoms with van der Waals surface area (Å²) in [6, 6.07) is 86.3. The molecule has 0 radical (unpaired) electrons. The lowest BCUT2D eigenvalue weighted by atomic mass is 9.66. The molecule has 64 heavy (non-hydrogen) atoms. The zero-order valence-electron chi connectivity index (χ0n) is 34.8. The van der Waals surface area contributed by atoms with Gasteiger partial charge in [0, 0.05) is 48.2 Å². The fourth-order valence-corrected chi connectivity index (χ4v) is 11.8. The lowest BCUT2D eigenvalue weighted by molar-refractivity contribution is 0.436. The summed E-state index contributed by atoms with van der Waals surface area (Å²) in [7, 11) is 0. The molecule has 10 aromatic carbocycles. The van der Waals surface area contributed by atoms with Crippen molar-refractivity contribution >= 4 is 48.6 Å². The number of fused-ring (bicyclic) bond motifs is 12. The Hall–Kier alpha value is -7.98. The maximum atomic E-state index is 6.61. The molecule has 0 unspecified atom stereocenters. The van der Waals surface area contributed by atoms with E-state index in [-0.39, 0.29) is 0 Å². The summed E-state index contributed by atoms with van der Waals surface area (Å²) in [5, 5.41) is 2.63. The van der Waals surface area contributed by atoms with Crippen molar-refractivity contribution in [1.29, 1.82) is 0 Å². The van der Waals surface area contributed by atoms with Gasteiger partial charge in [0.2, 0.25) is 0 Å². The first kappa shape index (κ1) is 36.7. The van der Waals surface area contributed by atoms with Crippen molar-refractivity contribution < 1.29 is 4.74 Å². The number of nitrogens with zero attached hydrogens (tertiary/aromatic N) is 1. The van der Waals surface area contributed by atoms with Gasteiger partial charge in [-0.3, -0.25) is 0 Å². The molecule has 2 heterocycles. The molecular formula is C61H39NOS. The highest BCUT2D eigenvalue weighted by Crippen LogP contribution is 2.62. The van der Waals surface area contributed by atoms with E-state index in [4.69, 9.17) is 4.74 Å². The van der Waals surface area contributed by atoms with Crippen LogP contribution in [0.3, 0.4) is 0 Å². The van der Waals surface area contributed by atoms with E-state index in [9.17, 15) is 0 Å². The number of ether oxygens (including phenoxy) is 1. The molecule has 1 spiro atoms. The van der Waals surface area contributed by atoms with E-state index in [0.29, 0.717) is 0 Å². The zero-order chi connectivity index (χ0) is 42.2. The van der Waals surface area contributed by atoms with Crippen LogP contribution in [0.25, 0.3) is 64.7 Å². The van der Waals surface area contributed by atoms with Crippen molar-refractivity contribution in [2.75, 3.05) is 4.90 Å². The van der Waals surface area contributed by atoms with Crippen molar-refractivity contribution in [3.63, 3.8) is 0 Å². The summed E-state index contributed by atoms with van der Waals surface area (Å²) in [6.07, 6.45) is 0. The van der Waals surface area contributed by atoms with Gasteiger partial charge in [0.05, 0.1) is 11.1 Å². The summed E-state index contributed by atoms with van der Waals surface area (Å²) < 4.78 is 9.23. The maximum absolute atomic E-state index is 6.61. The van der Waals surface area contributed by atoms with Crippen LogP contribution in [0.4, 0.5) is 17.1 Å². The van der Waals surface area contributed by atoms with Crippen LogP contribution in [0.5, 0.6) is 11.5 Å². The molecule has 0 atom stereocenters. The third kappa shape index (κ3) is 5.51. The monoisotopic (exact) mass is 833 g/mol. The summed E-state index contributed by atoms with van der Waals surface area (Å²) in [5.74, 6) is 1.80. The second-order valence-corrected chi connectivity index (χ2v) is 17.8. The molecule has 1 aliphatic heterocycles. The van der Waals surface area contributed by atoms with Crippen molar-refractivity contribution in [2.24, 2.45) is 0 Å². The Labute approximate surface area is 376 Å². The van der Waals surface area contributed by atoms with Crippen molar-refractivity contribution in [3.8, 4) is 56.0 Å². The number of para-hydroxylation sites is 3. The fourth-order valence-electron chi connectivity index (χ4n) is 10.6. The molecular weight excluding hydrogens is 795 g/mol. The quantitative estimate of drug-likeness (QED) is 0.165. The van der Waals surface area contributed by atoms with E-state index in [1.165, 1.54) is 75.8 Å². The number of hydrogen-bond donors (Lipinski definition) is 0. The average molecular weight is 834 g/mol. The van der Waals surface area contributed by atoms with Crippen LogP contribution in [-0.2, 0) is 5.41 Å². The smallest absolute Gasteiger partial charge is 0.132 e. The molecule has 0 N–H and O–H groups in total. The van der Waals surface area contributed by atoms with Gasteiger partial charge in [0.15, 0.2) is 0 Å². The summed E-state index contributed by atoms with van der Waals surface area (Å²) >= 11 is 1.86. The minimum atomic E-state index is -0.513. The SMILES string of the molecule is c1ccc(-c2cccc(N(c3ccc(-c4cccc5sc6ccccc6c45)cc3)c3ccccc3-c3ccc4c(c3)-c3ccccc3C43c4ccccc4Oc4ccccc43)c2)cc1. The van der Waals surface area contributed by atoms with Gasteiger partial charge in [0.25, 0.3) is 0 Å². The molecule has 0 saturated carbocycles. The molecule has 0 amide bonds. The fraction of sp³-hybridized carbons (Fsp3) is 0.0164. The predicted octanol–water partition coefficient (Wildman–Crippen LogP) is 17.0. The molecule has 300 valence electrons. The second kappa shape index (κ2) is 14.6. The summed E-state index contributed by atoms with van der Waals surface area (Å²) in [6.45, 7) is 0. The van der Waals surface area contributed by atoms with Gasteiger partial charge in [-0.1, -0.05) is 176 Å². The lowest BCUT2D eigenvalue weighted by Gasteiger charge is -2.39. The Kier molecular flexibility index (Phi) is 8.34. The van der Waals surface area contributed by atoms with Gasteiger partial charge in [-0.2, -0.15) is 0 Å². The third-order valence-electron chi connectivity index (χ3n) is 13.4. The minimum absolute atomic E-state index is 0.513. The van der Waals surface area contributed by atoms with Crippen LogP contribution < -0.4 is 9.64 Å². The lowest BCUT2D eigenvalue weighted by Crippen LogP contribution is -2.32. The molecule has 13 rings (SSSR count). The van der Waals surface area contributed by atoms with Gasteiger partial charge in [0.1, 0.15) is 11.5 Å². The molecule has 0 bridgehead atoms. The van der Waals surface area contributed by atoms with Gasteiger partial charge in [-0.25, -0.2) is 0 Å². The first-order valence-corrected chi connectivity index (χ1v) is 22.7. The van der Waals surface area contributed by atoms with Gasteiger partial charge in [-0.15, -0.1) is 11.3 Å². The van der Waals surface area contributed by atoms with Gasteiger partial charge < -0.3 is 9.64 Å². The molecule has 1 aromatic heterocycles. The highest BCUT2D eigenvalue weighted by atomic mass is 32.1. The molecule has 2 nitrogen and oxygen atoms in total. The minimum Gasteiger partial charge on any atom is -0.457 e. The first-order valence-electron chi connectivity index (χ1n) is 21.9.